The Hall–Kier alpha value is -0.580. The summed E-state index contributed by atoms with van der Waals surface area (Å²) in [6.45, 7) is 7.06. The van der Waals surface area contributed by atoms with Gasteiger partial charge in [0, 0.05) is 8.99 Å². The molecule has 3 heteroatoms. The van der Waals surface area contributed by atoms with Crippen LogP contribution in [0.5, 0.6) is 0 Å². The largest absolute Gasteiger partial charge is 0.478 e. The molecule has 0 bridgehead atoms. The van der Waals surface area contributed by atoms with Gasteiger partial charge in [-0.15, -0.1) is 0 Å². The van der Waals surface area contributed by atoms with Gasteiger partial charge in [-0.2, -0.15) is 0 Å². The van der Waals surface area contributed by atoms with Crippen LogP contribution in [0.4, 0.5) is 0 Å². The average molecular weight is 329 g/mol. The third-order valence-electron chi connectivity index (χ3n) is 2.56. The van der Waals surface area contributed by atoms with Crippen molar-refractivity contribution in [3.8, 4) is 0 Å². The van der Waals surface area contributed by atoms with E-state index < -0.39 is 0 Å². The summed E-state index contributed by atoms with van der Waals surface area (Å²) in [5.41, 5.74) is 1.27. The first-order chi connectivity index (χ1) is 7.48. The van der Waals surface area contributed by atoms with Crippen LogP contribution in [0.2, 0.25) is 0 Å². The predicted molar refractivity (Wildman–Crippen MR) is 74.7 cm³/mol. The normalized spacial score (nSPS) is 20.5. The minimum absolute atomic E-state index is 0.00890. The number of hydrogen-bond donors (Lipinski definition) is 0. The number of halogens is 1. The summed E-state index contributed by atoms with van der Waals surface area (Å²) in [6, 6.07) is 8.52. The van der Waals surface area contributed by atoms with E-state index in [0.717, 1.165) is 5.90 Å². The first kappa shape index (κ1) is 11.9. The fourth-order valence-electron chi connectivity index (χ4n) is 1.69. The first-order valence-corrected chi connectivity index (χ1v) is 6.52. The Kier molecular flexibility index (Phi) is 3.24. The molecule has 0 saturated heterocycles. The van der Waals surface area contributed by atoms with Crippen molar-refractivity contribution in [1.29, 1.82) is 0 Å². The van der Waals surface area contributed by atoms with Crippen LogP contribution in [0.1, 0.15) is 32.4 Å². The second-order valence-electron chi connectivity index (χ2n) is 5.03. The molecule has 0 fully saturated rings. The van der Waals surface area contributed by atoms with Crippen LogP contribution >= 0.6 is 22.6 Å². The van der Waals surface area contributed by atoms with Gasteiger partial charge in [0.2, 0.25) is 0 Å². The van der Waals surface area contributed by atoms with Crippen molar-refractivity contribution in [2.45, 2.75) is 26.8 Å². The highest BCUT2D eigenvalue weighted by atomic mass is 127. The fourth-order valence-corrected chi connectivity index (χ4v) is 2.44. The van der Waals surface area contributed by atoms with Crippen molar-refractivity contribution in [1.82, 2.24) is 0 Å². The maximum atomic E-state index is 5.69. The molecule has 1 aliphatic heterocycles. The lowest BCUT2D eigenvalue weighted by molar-refractivity contribution is 0.283. The molecule has 0 amide bonds. The maximum Gasteiger partial charge on any atom is 0.189 e. The summed E-state index contributed by atoms with van der Waals surface area (Å²) >= 11 is 2.35. The van der Waals surface area contributed by atoms with Gasteiger partial charge in [-0.25, -0.2) is 4.99 Å². The lowest BCUT2D eigenvalue weighted by Gasteiger charge is -2.16. The minimum Gasteiger partial charge on any atom is -0.478 e. The fraction of sp³-hybridized carbons (Fsp3) is 0.462. The van der Waals surface area contributed by atoms with E-state index in [-0.39, 0.29) is 11.5 Å². The zero-order chi connectivity index (χ0) is 11.8. The topological polar surface area (TPSA) is 21.6 Å². The average Bonchev–Trinajstić information content (AvgIpc) is 2.66. The molecule has 0 saturated carbocycles. The van der Waals surface area contributed by atoms with Crippen LogP contribution in [0.25, 0.3) is 0 Å². The van der Waals surface area contributed by atoms with Gasteiger partial charge in [-0.3, -0.25) is 0 Å². The maximum absolute atomic E-state index is 5.69. The summed E-state index contributed by atoms with van der Waals surface area (Å²) in [4.78, 5) is 4.68. The molecular weight excluding hydrogens is 313 g/mol. The van der Waals surface area contributed by atoms with E-state index in [0.29, 0.717) is 6.61 Å². The second-order valence-corrected chi connectivity index (χ2v) is 6.19. The molecule has 0 spiro atoms. The number of benzene rings is 1. The van der Waals surface area contributed by atoms with E-state index in [1.54, 1.807) is 0 Å². The van der Waals surface area contributed by atoms with E-state index >= 15 is 0 Å². The lowest BCUT2D eigenvalue weighted by Crippen LogP contribution is -2.20. The number of aliphatic imine (C=N–C) groups is 1. The summed E-state index contributed by atoms with van der Waals surface area (Å²) in [5, 5.41) is 0. The van der Waals surface area contributed by atoms with Crippen molar-refractivity contribution in [2.75, 3.05) is 6.61 Å². The Bertz CT molecular complexity index is 420. The zero-order valence-corrected chi connectivity index (χ0v) is 12.0. The molecule has 0 aromatic heterocycles. The molecule has 16 heavy (non-hydrogen) atoms. The van der Waals surface area contributed by atoms with E-state index in [4.69, 9.17) is 4.74 Å². The van der Waals surface area contributed by atoms with Gasteiger partial charge in [0.1, 0.15) is 12.6 Å². The summed E-state index contributed by atoms with van der Waals surface area (Å²) in [7, 11) is 0. The van der Waals surface area contributed by atoms with E-state index in [2.05, 4.69) is 72.6 Å². The van der Waals surface area contributed by atoms with Gasteiger partial charge < -0.3 is 4.74 Å². The smallest absolute Gasteiger partial charge is 0.189 e. The van der Waals surface area contributed by atoms with Crippen LogP contribution in [-0.4, -0.2) is 12.5 Å². The molecule has 86 valence electrons. The summed E-state index contributed by atoms with van der Waals surface area (Å²) in [5.74, 6) is 0.872. The minimum atomic E-state index is 0.00890. The van der Waals surface area contributed by atoms with E-state index in [1.807, 2.05) is 0 Å². The second kappa shape index (κ2) is 4.35. The third-order valence-corrected chi connectivity index (χ3v) is 3.54. The molecule has 1 aromatic rings. The highest BCUT2D eigenvalue weighted by molar-refractivity contribution is 14.1. The quantitative estimate of drug-likeness (QED) is 0.718. The molecule has 2 rings (SSSR count). The van der Waals surface area contributed by atoms with Crippen molar-refractivity contribution in [2.24, 2.45) is 10.4 Å². The van der Waals surface area contributed by atoms with Crippen LogP contribution in [0.3, 0.4) is 0 Å². The molecule has 0 radical (unpaired) electrons. The molecule has 1 aliphatic rings. The van der Waals surface area contributed by atoms with Crippen molar-refractivity contribution < 1.29 is 4.74 Å². The highest BCUT2D eigenvalue weighted by Gasteiger charge is 2.29. The molecule has 1 aromatic carbocycles. The van der Waals surface area contributed by atoms with Crippen LogP contribution in [0, 0.1) is 8.99 Å². The van der Waals surface area contributed by atoms with Crippen molar-refractivity contribution in [3.05, 3.63) is 33.4 Å². The number of hydrogen-bond acceptors (Lipinski definition) is 2. The van der Waals surface area contributed by atoms with Crippen molar-refractivity contribution >= 4 is 28.5 Å². The molecule has 2 nitrogen and oxygen atoms in total. The molecular formula is C13H16INO. The Balaban J connectivity index is 2.27. The van der Waals surface area contributed by atoms with E-state index in [9.17, 15) is 0 Å². The van der Waals surface area contributed by atoms with Gasteiger partial charge >= 0.3 is 0 Å². The Labute approximate surface area is 110 Å². The van der Waals surface area contributed by atoms with Crippen LogP contribution in [-0.2, 0) is 4.74 Å². The Morgan fingerprint density at radius 2 is 2.00 bits per heavy atom. The van der Waals surface area contributed by atoms with Crippen LogP contribution in [0.15, 0.2) is 29.3 Å². The van der Waals surface area contributed by atoms with Crippen LogP contribution < -0.4 is 0 Å². The third kappa shape index (κ3) is 2.39. The summed E-state index contributed by atoms with van der Waals surface area (Å²) < 4.78 is 6.94. The SMILES string of the molecule is CC(C)(C)C1=N[C@H](c2ccccc2I)CO1. The Morgan fingerprint density at radius 3 is 2.56 bits per heavy atom. The molecule has 0 unspecified atom stereocenters. The van der Waals surface area contributed by atoms with Gasteiger partial charge in [0.05, 0.1) is 0 Å². The zero-order valence-electron chi connectivity index (χ0n) is 9.83. The number of rotatable bonds is 1. The standard InChI is InChI=1S/C13H16INO/c1-13(2,3)12-15-11(8-16-12)9-6-4-5-7-10(9)14/h4-7,11H,8H2,1-3H3/t11-/m0/s1. The molecule has 1 atom stereocenters. The Morgan fingerprint density at radius 1 is 1.31 bits per heavy atom. The lowest BCUT2D eigenvalue weighted by atomic mass is 9.97. The van der Waals surface area contributed by atoms with Gasteiger partial charge in [0.15, 0.2) is 5.90 Å². The molecule has 0 aliphatic carbocycles. The van der Waals surface area contributed by atoms with Gasteiger partial charge in [-0.05, 0) is 34.2 Å². The molecule has 0 N–H and O–H groups in total. The van der Waals surface area contributed by atoms with Gasteiger partial charge in [0.25, 0.3) is 0 Å². The molecule has 1 heterocycles. The number of nitrogens with zero attached hydrogens (tertiary/aromatic N) is 1. The van der Waals surface area contributed by atoms with E-state index in [1.165, 1.54) is 9.13 Å². The summed E-state index contributed by atoms with van der Waals surface area (Å²) in [6.07, 6.45) is 0. The van der Waals surface area contributed by atoms with Gasteiger partial charge in [-0.1, -0.05) is 39.0 Å². The monoisotopic (exact) mass is 329 g/mol. The first-order valence-electron chi connectivity index (χ1n) is 5.44. The highest BCUT2D eigenvalue weighted by Crippen LogP contribution is 2.31. The predicted octanol–water partition coefficient (Wildman–Crippen LogP) is 3.81. The van der Waals surface area contributed by atoms with Crippen molar-refractivity contribution in [3.63, 3.8) is 0 Å². The number of ether oxygens (including phenoxy) is 1.